The van der Waals surface area contributed by atoms with Gasteiger partial charge in [-0.05, 0) is 31.4 Å². The van der Waals surface area contributed by atoms with Crippen LogP contribution < -0.4 is 5.32 Å². The van der Waals surface area contributed by atoms with E-state index in [-0.39, 0.29) is 0 Å². The third-order valence-corrected chi connectivity index (χ3v) is 4.03. The van der Waals surface area contributed by atoms with Crippen molar-refractivity contribution in [2.75, 3.05) is 11.5 Å². The van der Waals surface area contributed by atoms with Crippen LogP contribution in [0.2, 0.25) is 0 Å². The lowest BCUT2D eigenvalue weighted by Gasteiger charge is -2.18. The second-order valence-corrected chi connectivity index (χ2v) is 6.10. The first-order valence-corrected chi connectivity index (χ1v) is 7.17. The molecule has 0 bridgehead atoms. The summed E-state index contributed by atoms with van der Waals surface area (Å²) in [5.74, 6) is 3.55. The van der Waals surface area contributed by atoms with E-state index in [1.165, 1.54) is 37.2 Å². The minimum Gasteiger partial charge on any atom is -0.311 e. The van der Waals surface area contributed by atoms with Crippen LogP contribution in [-0.2, 0) is 0 Å². The van der Waals surface area contributed by atoms with E-state index in [0.29, 0.717) is 0 Å². The summed E-state index contributed by atoms with van der Waals surface area (Å²) in [7, 11) is 0. The second kappa shape index (κ2) is 6.73. The second-order valence-electron chi connectivity index (χ2n) is 4.95. The van der Waals surface area contributed by atoms with Gasteiger partial charge in [-0.15, -0.1) is 0 Å². The molecule has 2 heteroatoms. The molecule has 1 nitrogen and oxygen atoms in total. The monoisotopic (exact) mass is 215 g/mol. The number of rotatable bonds is 6. The molecule has 0 unspecified atom stereocenters. The molecule has 0 aromatic carbocycles. The maximum atomic E-state index is 3.73. The van der Waals surface area contributed by atoms with Crippen molar-refractivity contribution in [3.8, 4) is 0 Å². The fourth-order valence-corrected chi connectivity index (χ4v) is 3.15. The first-order valence-electron chi connectivity index (χ1n) is 6.02. The smallest absolute Gasteiger partial charge is 0.0168 e. The summed E-state index contributed by atoms with van der Waals surface area (Å²) in [5.41, 5.74) is 0. The van der Waals surface area contributed by atoms with Gasteiger partial charge in [0, 0.05) is 17.8 Å². The van der Waals surface area contributed by atoms with Crippen molar-refractivity contribution < 1.29 is 0 Å². The van der Waals surface area contributed by atoms with E-state index in [9.17, 15) is 0 Å². The maximum Gasteiger partial charge on any atom is 0.0168 e. The summed E-state index contributed by atoms with van der Waals surface area (Å²) in [6.45, 7) is 6.96. The highest BCUT2D eigenvalue weighted by Gasteiger charge is 2.16. The molecule has 1 aliphatic rings. The predicted molar refractivity (Wildman–Crippen MR) is 67.0 cm³/mol. The standard InChI is InChI=1S/C12H25NS/c1-10(2)5-4-6-11(3)13-12-7-8-14-9-12/h10-13H,4-9H2,1-3H3/t11-,12+/m0/s1. The quantitative estimate of drug-likeness (QED) is 0.729. The Morgan fingerprint density at radius 2 is 2.07 bits per heavy atom. The molecule has 1 aliphatic heterocycles. The van der Waals surface area contributed by atoms with E-state index in [1.807, 2.05) is 0 Å². The van der Waals surface area contributed by atoms with Crippen LogP contribution in [0.15, 0.2) is 0 Å². The third kappa shape index (κ3) is 5.26. The van der Waals surface area contributed by atoms with Gasteiger partial charge in [-0.3, -0.25) is 0 Å². The van der Waals surface area contributed by atoms with E-state index in [1.54, 1.807) is 0 Å². The number of nitrogens with one attached hydrogen (secondary N) is 1. The van der Waals surface area contributed by atoms with E-state index in [2.05, 4.69) is 37.8 Å². The first kappa shape index (κ1) is 12.4. The molecule has 1 saturated heterocycles. The van der Waals surface area contributed by atoms with E-state index >= 15 is 0 Å². The molecule has 0 aromatic rings. The van der Waals surface area contributed by atoms with Gasteiger partial charge in [-0.2, -0.15) is 11.8 Å². The Hall–Kier alpha value is 0.310. The zero-order valence-electron chi connectivity index (χ0n) is 9.88. The summed E-state index contributed by atoms with van der Waals surface area (Å²) in [4.78, 5) is 0. The molecular weight excluding hydrogens is 190 g/mol. The van der Waals surface area contributed by atoms with Gasteiger partial charge >= 0.3 is 0 Å². The molecule has 0 aliphatic carbocycles. The zero-order chi connectivity index (χ0) is 10.4. The molecular formula is C12H25NS. The number of thioether (sulfide) groups is 1. The molecule has 0 radical (unpaired) electrons. The van der Waals surface area contributed by atoms with Crippen LogP contribution in [0, 0.1) is 5.92 Å². The highest BCUT2D eigenvalue weighted by Crippen LogP contribution is 2.18. The Kier molecular flexibility index (Phi) is 5.95. The fraction of sp³-hybridized carbons (Fsp3) is 1.00. The Bertz CT molecular complexity index is 141. The molecule has 14 heavy (non-hydrogen) atoms. The van der Waals surface area contributed by atoms with Gasteiger partial charge in [0.1, 0.15) is 0 Å². The first-order chi connectivity index (χ1) is 6.68. The van der Waals surface area contributed by atoms with Crippen LogP contribution >= 0.6 is 11.8 Å². The van der Waals surface area contributed by atoms with Crippen molar-refractivity contribution in [3.05, 3.63) is 0 Å². The third-order valence-electron chi connectivity index (χ3n) is 2.87. The van der Waals surface area contributed by atoms with Crippen molar-refractivity contribution in [1.29, 1.82) is 0 Å². The Morgan fingerprint density at radius 1 is 1.29 bits per heavy atom. The molecule has 1 rings (SSSR count). The van der Waals surface area contributed by atoms with Crippen molar-refractivity contribution >= 4 is 11.8 Å². The average molecular weight is 215 g/mol. The summed E-state index contributed by atoms with van der Waals surface area (Å²) in [5, 5.41) is 3.73. The molecule has 0 amide bonds. The predicted octanol–water partition coefficient (Wildman–Crippen LogP) is 3.30. The lowest BCUT2D eigenvalue weighted by atomic mass is 10.0. The molecule has 0 aromatic heterocycles. The lowest BCUT2D eigenvalue weighted by Crippen LogP contribution is -2.36. The molecule has 0 saturated carbocycles. The minimum atomic E-state index is 0.720. The topological polar surface area (TPSA) is 12.0 Å². The van der Waals surface area contributed by atoms with Crippen molar-refractivity contribution in [1.82, 2.24) is 5.32 Å². The van der Waals surface area contributed by atoms with Crippen LogP contribution in [0.4, 0.5) is 0 Å². The van der Waals surface area contributed by atoms with Crippen molar-refractivity contribution in [2.45, 2.75) is 58.5 Å². The van der Waals surface area contributed by atoms with Gasteiger partial charge in [0.05, 0.1) is 0 Å². The number of hydrogen-bond donors (Lipinski definition) is 1. The SMILES string of the molecule is CC(C)CCC[C@H](C)N[C@@H]1CCSC1. The van der Waals surface area contributed by atoms with Crippen molar-refractivity contribution in [2.24, 2.45) is 5.92 Å². The van der Waals surface area contributed by atoms with Gasteiger partial charge in [0.2, 0.25) is 0 Å². The molecule has 0 spiro atoms. The van der Waals surface area contributed by atoms with Gasteiger partial charge < -0.3 is 5.32 Å². The minimum absolute atomic E-state index is 0.720. The molecule has 84 valence electrons. The molecule has 1 N–H and O–H groups in total. The maximum absolute atomic E-state index is 3.73. The van der Waals surface area contributed by atoms with Crippen molar-refractivity contribution in [3.63, 3.8) is 0 Å². The molecule has 1 fully saturated rings. The lowest BCUT2D eigenvalue weighted by molar-refractivity contribution is 0.421. The van der Waals surface area contributed by atoms with Crippen LogP contribution in [0.3, 0.4) is 0 Å². The zero-order valence-corrected chi connectivity index (χ0v) is 10.7. The largest absolute Gasteiger partial charge is 0.311 e. The average Bonchev–Trinajstić information content (AvgIpc) is 2.56. The van der Waals surface area contributed by atoms with E-state index in [4.69, 9.17) is 0 Å². The summed E-state index contributed by atoms with van der Waals surface area (Å²) in [6.07, 6.45) is 5.48. The highest BCUT2D eigenvalue weighted by atomic mass is 32.2. The Labute approximate surface area is 93.4 Å². The van der Waals surface area contributed by atoms with Crippen LogP contribution in [-0.4, -0.2) is 23.6 Å². The van der Waals surface area contributed by atoms with E-state index in [0.717, 1.165) is 18.0 Å². The Balaban J connectivity index is 2.00. The summed E-state index contributed by atoms with van der Waals surface area (Å²) >= 11 is 2.09. The van der Waals surface area contributed by atoms with Crippen LogP contribution in [0.5, 0.6) is 0 Å². The fourth-order valence-electron chi connectivity index (χ4n) is 1.98. The van der Waals surface area contributed by atoms with Gasteiger partial charge in [0.15, 0.2) is 0 Å². The number of hydrogen-bond acceptors (Lipinski definition) is 2. The molecule has 2 atom stereocenters. The normalized spacial score (nSPS) is 24.4. The van der Waals surface area contributed by atoms with Crippen LogP contribution in [0.1, 0.15) is 46.5 Å². The summed E-state index contributed by atoms with van der Waals surface area (Å²) in [6, 6.07) is 1.52. The highest BCUT2D eigenvalue weighted by molar-refractivity contribution is 7.99. The summed E-state index contributed by atoms with van der Waals surface area (Å²) < 4.78 is 0. The molecule has 1 heterocycles. The van der Waals surface area contributed by atoms with E-state index < -0.39 is 0 Å². The Morgan fingerprint density at radius 3 is 2.64 bits per heavy atom. The van der Waals surface area contributed by atoms with Gasteiger partial charge in [-0.1, -0.05) is 26.7 Å². The van der Waals surface area contributed by atoms with Crippen LogP contribution in [0.25, 0.3) is 0 Å². The van der Waals surface area contributed by atoms with Gasteiger partial charge in [-0.25, -0.2) is 0 Å². The van der Waals surface area contributed by atoms with Gasteiger partial charge in [0.25, 0.3) is 0 Å².